The lowest BCUT2D eigenvalue weighted by atomic mass is 10.1. The summed E-state index contributed by atoms with van der Waals surface area (Å²) in [6.07, 6.45) is -0.0202. The average Bonchev–Trinajstić information content (AvgIpc) is 2.42. The first-order valence-corrected chi connectivity index (χ1v) is 4.67. The van der Waals surface area contributed by atoms with E-state index in [-0.39, 0.29) is 5.91 Å². The number of amides is 1. The molecule has 0 saturated heterocycles. The molecule has 1 N–H and O–H groups in total. The third-order valence-corrected chi connectivity index (χ3v) is 2.66. The summed E-state index contributed by atoms with van der Waals surface area (Å²) in [7, 11) is 1.77. The van der Waals surface area contributed by atoms with Gasteiger partial charge in [-0.05, 0) is 24.1 Å². The number of hydrogen-bond acceptors (Lipinski definition) is 2. The monoisotopic (exact) mass is 191 g/mol. The van der Waals surface area contributed by atoms with Crippen LogP contribution in [0, 0.1) is 0 Å². The van der Waals surface area contributed by atoms with E-state index in [1.54, 1.807) is 18.9 Å². The normalized spacial score (nSPS) is 17.1. The smallest absolute Gasteiger partial charge is 0.231 e. The first-order valence-electron chi connectivity index (χ1n) is 4.67. The molecule has 0 bridgehead atoms. The van der Waals surface area contributed by atoms with Crippen LogP contribution in [0.2, 0.25) is 0 Å². The predicted molar refractivity (Wildman–Crippen MR) is 54.2 cm³/mol. The molecule has 1 heterocycles. The van der Waals surface area contributed by atoms with Gasteiger partial charge in [0.15, 0.2) is 0 Å². The second-order valence-corrected chi connectivity index (χ2v) is 3.69. The third-order valence-electron chi connectivity index (χ3n) is 2.66. The summed E-state index contributed by atoms with van der Waals surface area (Å²) in [5.74, 6) is 0.114. The maximum atomic E-state index is 11.4. The van der Waals surface area contributed by atoms with Gasteiger partial charge in [0.1, 0.15) is 0 Å². The number of benzene rings is 1. The highest BCUT2D eigenvalue weighted by Crippen LogP contribution is 2.29. The van der Waals surface area contributed by atoms with Gasteiger partial charge in [0, 0.05) is 12.7 Å². The van der Waals surface area contributed by atoms with Crippen molar-refractivity contribution in [3.8, 4) is 0 Å². The van der Waals surface area contributed by atoms with Crippen LogP contribution in [-0.2, 0) is 11.2 Å². The lowest BCUT2D eigenvalue weighted by molar-refractivity contribution is -0.117. The molecule has 0 spiro atoms. The van der Waals surface area contributed by atoms with Crippen molar-refractivity contribution >= 4 is 11.6 Å². The number of aliphatic hydroxyl groups is 1. The maximum Gasteiger partial charge on any atom is 0.231 e. The molecule has 0 aliphatic carbocycles. The van der Waals surface area contributed by atoms with Crippen LogP contribution in [-0.4, -0.2) is 18.1 Å². The Morgan fingerprint density at radius 3 is 2.86 bits per heavy atom. The highest BCUT2D eigenvalue weighted by molar-refractivity contribution is 6.00. The van der Waals surface area contributed by atoms with Crippen LogP contribution < -0.4 is 4.90 Å². The van der Waals surface area contributed by atoms with E-state index in [2.05, 4.69) is 0 Å². The van der Waals surface area contributed by atoms with Crippen molar-refractivity contribution in [1.82, 2.24) is 0 Å². The zero-order valence-electron chi connectivity index (χ0n) is 8.32. The van der Waals surface area contributed by atoms with E-state index in [1.807, 2.05) is 18.2 Å². The first kappa shape index (κ1) is 9.21. The van der Waals surface area contributed by atoms with E-state index in [1.165, 1.54) is 0 Å². The third kappa shape index (κ3) is 1.30. The highest BCUT2D eigenvalue weighted by Gasteiger charge is 2.24. The van der Waals surface area contributed by atoms with Crippen molar-refractivity contribution < 1.29 is 9.90 Å². The van der Waals surface area contributed by atoms with E-state index < -0.39 is 6.10 Å². The summed E-state index contributed by atoms with van der Waals surface area (Å²) in [5.41, 5.74) is 2.84. The fourth-order valence-corrected chi connectivity index (χ4v) is 1.75. The summed E-state index contributed by atoms with van der Waals surface area (Å²) in [4.78, 5) is 13.0. The Morgan fingerprint density at radius 2 is 2.21 bits per heavy atom. The van der Waals surface area contributed by atoms with Crippen LogP contribution in [0.3, 0.4) is 0 Å². The Morgan fingerprint density at radius 1 is 1.50 bits per heavy atom. The number of carbonyl (C=O) groups is 1. The SMILES string of the molecule is C[C@@H](O)c1ccc2c(c1)CC(=O)N2C. The molecule has 0 radical (unpaired) electrons. The van der Waals surface area contributed by atoms with Gasteiger partial charge in [0.25, 0.3) is 0 Å². The molecule has 3 nitrogen and oxygen atoms in total. The molecule has 2 rings (SSSR count). The van der Waals surface area contributed by atoms with Gasteiger partial charge in [-0.15, -0.1) is 0 Å². The summed E-state index contributed by atoms with van der Waals surface area (Å²) < 4.78 is 0. The number of hydrogen-bond donors (Lipinski definition) is 1. The molecule has 1 aromatic rings. The Kier molecular flexibility index (Phi) is 2.04. The molecular weight excluding hydrogens is 178 g/mol. The van der Waals surface area contributed by atoms with Gasteiger partial charge in [-0.1, -0.05) is 12.1 Å². The Balaban J connectivity index is 2.44. The Labute approximate surface area is 83.0 Å². The second-order valence-electron chi connectivity index (χ2n) is 3.69. The van der Waals surface area contributed by atoms with Gasteiger partial charge >= 0.3 is 0 Å². The van der Waals surface area contributed by atoms with Crippen molar-refractivity contribution in [2.24, 2.45) is 0 Å². The molecule has 0 saturated carbocycles. The van der Waals surface area contributed by atoms with Gasteiger partial charge in [0.05, 0.1) is 12.5 Å². The van der Waals surface area contributed by atoms with Crippen LogP contribution in [0.25, 0.3) is 0 Å². The van der Waals surface area contributed by atoms with E-state index >= 15 is 0 Å². The molecule has 0 aromatic heterocycles. The fourth-order valence-electron chi connectivity index (χ4n) is 1.75. The molecule has 0 unspecified atom stereocenters. The molecular formula is C11H13NO2. The van der Waals surface area contributed by atoms with E-state index in [0.29, 0.717) is 6.42 Å². The number of fused-ring (bicyclic) bond motifs is 1. The minimum absolute atomic E-state index is 0.114. The standard InChI is InChI=1S/C11H13NO2/c1-7(13)8-3-4-10-9(5-8)6-11(14)12(10)2/h3-5,7,13H,6H2,1-2H3/t7-/m1/s1. The molecule has 3 heteroatoms. The largest absolute Gasteiger partial charge is 0.389 e. The zero-order valence-corrected chi connectivity index (χ0v) is 8.32. The van der Waals surface area contributed by atoms with Crippen LogP contribution in [0.15, 0.2) is 18.2 Å². The summed E-state index contributed by atoms with van der Waals surface area (Å²) >= 11 is 0. The molecule has 0 fully saturated rings. The number of rotatable bonds is 1. The number of anilines is 1. The molecule has 1 amide bonds. The lowest BCUT2D eigenvalue weighted by Gasteiger charge is -2.11. The van der Waals surface area contributed by atoms with Crippen LogP contribution in [0.4, 0.5) is 5.69 Å². The van der Waals surface area contributed by atoms with E-state index in [9.17, 15) is 9.90 Å². The van der Waals surface area contributed by atoms with Gasteiger partial charge in [-0.2, -0.15) is 0 Å². The lowest BCUT2D eigenvalue weighted by Crippen LogP contribution is -2.20. The summed E-state index contributed by atoms with van der Waals surface area (Å²) in [6.45, 7) is 1.72. The maximum absolute atomic E-state index is 11.4. The molecule has 14 heavy (non-hydrogen) atoms. The van der Waals surface area contributed by atoms with Crippen LogP contribution in [0.1, 0.15) is 24.2 Å². The first-order chi connectivity index (χ1) is 6.59. The quantitative estimate of drug-likeness (QED) is 0.726. The van der Waals surface area contributed by atoms with Crippen molar-refractivity contribution in [2.75, 3.05) is 11.9 Å². The predicted octanol–water partition coefficient (Wildman–Crippen LogP) is 1.26. The summed E-state index contributed by atoms with van der Waals surface area (Å²) in [6, 6.07) is 5.66. The van der Waals surface area contributed by atoms with E-state index in [0.717, 1.165) is 16.8 Å². The fraction of sp³-hybridized carbons (Fsp3) is 0.364. The van der Waals surface area contributed by atoms with Gasteiger partial charge in [-0.3, -0.25) is 4.79 Å². The molecule has 74 valence electrons. The van der Waals surface area contributed by atoms with Crippen molar-refractivity contribution in [2.45, 2.75) is 19.4 Å². The average molecular weight is 191 g/mol. The zero-order chi connectivity index (χ0) is 10.3. The summed E-state index contributed by atoms with van der Waals surface area (Å²) in [5, 5.41) is 9.39. The van der Waals surface area contributed by atoms with Gasteiger partial charge < -0.3 is 10.0 Å². The minimum Gasteiger partial charge on any atom is -0.389 e. The topological polar surface area (TPSA) is 40.5 Å². The highest BCUT2D eigenvalue weighted by atomic mass is 16.3. The number of likely N-dealkylation sites (N-methyl/N-ethyl adjacent to an activating group) is 1. The van der Waals surface area contributed by atoms with Gasteiger partial charge in [-0.25, -0.2) is 0 Å². The molecule has 1 aromatic carbocycles. The van der Waals surface area contributed by atoms with Gasteiger partial charge in [0.2, 0.25) is 5.91 Å². The molecule has 1 atom stereocenters. The van der Waals surface area contributed by atoms with Crippen LogP contribution in [0.5, 0.6) is 0 Å². The van der Waals surface area contributed by atoms with Crippen molar-refractivity contribution in [1.29, 1.82) is 0 Å². The minimum atomic E-state index is -0.471. The molecule has 1 aliphatic heterocycles. The second kappa shape index (κ2) is 3.10. The number of carbonyl (C=O) groups excluding carboxylic acids is 1. The van der Waals surface area contributed by atoms with Crippen molar-refractivity contribution in [3.63, 3.8) is 0 Å². The Hall–Kier alpha value is -1.35. The number of nitrogens with zero attached hydrogens (tertiary/aromatic N) is 1. The van der Waals surface area contributed by atoms with Crippen LogP contribution >= 0.6 is 0 Å². The molecule has 1 aliphatic rings. The number of aliphatic hydroxyl groups excluding tert-OH is 1. The van der Waals surface area contributed by atoms with Crippen molar-refractivity contribution in [3.05, 3.63) is 29.3 Å². The van der Waals surface area contributed by atoms with E-state index in [4.69, 9.17) is 0 Å². The Bertz CT molecular complexity index is 385.